The molecule has 0 aliphatic heterocycles. The summed E-state index contributed by atoms with van der Waals surface area (Å²) in [5.41, 5.74) is -0.256. The van der Waals surface area contributed by atoms with Crippen molar-refractivity contribution in [2.45, 2.75) is 6.18 Å². The van der Waals surface area contributed by atoms with Crippen LogP contribution < -0.4 is 0 Å². The van der Waals surface area contributed by atoms with Crippen LogP contribution in [0.4, 0.5) is 13.2 Å². The van der Waals surface area contributed by atoms with Crippen LogP contribution in [0.2, 0.25) is 5.02 Å². The fourth-order valence-electron chi connectivity index (χ4n) is 2.20. The van der Waals surface area contributed by atoms with Gasteiger partial charge in [-0.25, -0.2) is 0 Å². The first kappa shape index (κ1) is 17.3. The third-order valence-electron chi connectivity index (χ3n) is 3.38. The van der Waals surface area contributed by atoms with Gasteiger partial charge in [0.25, 0.3) is 0 Å². The van der Waals surface area contributed by atoms with Gasteiger partial charge < -0.3 is 4.42 Å². The molecule has 1 aromatic carbocycles. The lowest BCUT2D eigenvalue weighted by molar-refractivity contribution is -0.137. The van der Waals surface area contributed by atoms with E-state index in [1.807, 2.05) is 11.4 Å². The first-order valence-corrected chi connectivity index (χ1v) is 8.27. The Morgan fingerprint density at radius 1 is 1.20 bits per heavy atom. The Morgan fingerprint density at radius 2 is 2.00 bits per heavy atom. The lowest BCUT2D eigenvalue weighted by Gasteiger charge is -2.09. The van der Waals surface area contributed by atoms with Crippen molar-refractivity contribution in [3.05, 3.63) is 69.1 Å². The zero-order chi connectivity index (χ0) is 18.0. The lowest BCUT2D eigenvalue weighted by atomic mass is 10.1. The smallest absolute Gasteiger partial charge is 0.416 e. The third-order valence-corrected chi connectivity index (χ3v) is 4.61. The van der Waals surface area contributed by atoms with Gasteiger partial charge in [-0.05, 0) is 47.9 Å². The van der Waals surface area contributed by atoms with Crippen molar-refractivity contribution in [2.75, 3.05) is 0 Å². The first-order valence-electron chi connectivity index (χ1n) is 7.01. The van der Waals surface area contributed by atoms with Crippen molar-refractivity contribution in [3.63, 3.8) is 0 Å². The maximum absolute atomic E-state index is 12.9. The molecule has 3 rings (SSSR count). The molecule has 0 fully saturated rings. The highest BCUT2D eigenvalue weighted by atomic mass is 35.5. The quantitative estimate of drug-likeness (QED) is 0.472. The van der Waals surface area contributed by atoms with Crippen LogP contribution in [0.1, 0.15) is 16.2 Å². The molecule has 2 heterocycles. The topological polar surface area (TPSA) is 36.9 Å². The molecule has 0 amide bonds. The fraction of sp³-hybridized carbons (Fsp3) is 0.0556. The Hall–Kier alpha value is -2.49. The second-order valence-corrected chi connectivity index (χ2v) is 6.40. The molecule has 0 saturated heterocycles. The largest absolute Gasteiger partial charge is 0.457 e. The molecule has 2 aromatic heterocycles. The van der Waals surface area contributed by atoms with Crippen molar-refractivity contribution < 1.29 is 17.6 Å². The van der Waals surface area contributed by atoms with E-state index in [9.17, 15) is 18.4 Å². The van der Waals surface area contributed by atoms with Gasteiger partial charge in [0.2, 0.25) is 0 Å². The summed E-state index contributed by atoms with van der Waals surface area (Å²) >= 11 is 7.42. The number of allylic oxidation sites excluding steroid dienone is 1. The summed E-state index contributed by atoms with van der Waals surface area (Å²) < 4.78 is 44.2. The summed E-state index contributed by atoms with van der Waals surface area (Å²) in [6.07, 6.45) is -2.93. The molecule has 0 N–H and O–H groups in total. The highest BCUT2D eigenvalue weighted by Gasteiger charge is 2.31. The van der Waals surface area contributed by atoms with Crippen molar-refractivity contribution in [2.24, 2.45) is 0 Å². The van der Waals surface area contributed by atoms with Gasteiger partial charge in [0.05, 0.1) is 16.2 Å². The lowest BCUT2D eigenvalue weighted by Crippen LogP contribution is -2.04. The SMILES string of the molecule is N#C/C(=C\c1ccc(-c2cc(C(F)(F)F)ccc2Cl)o1)c1cccs1. The number of furan rings is 1. The van der Waals surface area contributed by atoms with E-state index in [1.165, 1.54) is 29.5 Å². The molecule has 2 nitrogen and oxygen atoms in total. The van der Waals surface area contributed by atoms with Crippen LogP contribution in [0.25, 0.3) is 23.0 Å². The molecule has 0 aliphatic rings. The maximum Gasteiger partial charge on any atom is 0.416 e. The molecule has 0 unspecified atom stereocenters. The molecule has 25 heavy (non-hydrogen) atoms. The van der Waals surface area contributed by atoms with Crippen molar-refractivity contribution >= 4 is 34.6 Å². The Labute approximate surface area is 150 Å². The Balaban J connectivity index is 1.99. The molecule has 3 aromatic rings. The fourth-order valence-corrected chi connectivity index (χ4v) is 3.10. The molecule has 0 saturated carbocycles. The van der Waals surface area contributed by atoms with Gasteiger partial charge in [-0.15, -0.1) is 11.3 Å². The van der Waals surface area contributed by atoms with E-state index in [4.69, 9.17) is 16.0 Å². The van der Waals surface area contributed by atoms with Crippen molar-refractivity contribution in [1.82, 2.24) is 0 Å². The number of halogens is 4. The summed E-state index contributed by atoms with van der Waals surface area (Å²) in [6.45, 7) is 0. The second kappa shape index (κ2) is 6.79. The van der Waals surface area contributed by atoms with Crippen LogP contribution in [-0.2, 0) is 6.18 Å². The van der Waals surface area contributed by atoms with E-state index < -0.39 is 11.7 Å². The van der Waals surface area contributed by atoms with Crippen LogP contribution in [0.15, 0.2) is 52.3 Å². The van der Waals surface area contributed by atoms with Gasteiger partial charge in [-0.1, -0.05) is 17.7 Å². The minimum atomic E-state index is -4.47. The number of benzene rings is 1. The molecule has 0 atom stereocenters. The minimum absolute atomic E-state index is 0.144. The minimum Gasteiger partial charge on any atom is -0.457 e. The summed E-state index contributed by atoms with van der Waals surface area (Å²) in [7, 11) is 0. The predicted octanol–water partition coefficient (Wildman–Crippen LogP) is 6.74. The van der Waals surface area contributed by atoms with Crippen molar-refractivity contribution in [1.29, 1.82) is 5.26 Å². The Morgan fingerprint density at radius 3 is 2.64 bits per heavy atom. The van der Waals surface area contributed by atoms with Crippen molar-refractivity contribution in [3.8, 4) is 17.4 Å². The number of hydrogen-bond acceptors (Lipinski definition) is 3. The zero-order valence-corrected chi connectivity index (χ0v) is 14.0. The third kappa shape index (κ3) is 3.78. The van der Waals surface area contributed by atoms with Crippen LogP contribution in [0.5, 0.6) is 0 Å². The van der Waals surface area contributed by atoms with Gasteiger partial charge in [0.15, 0.2) is 0 Å². The molecule has 0 radical (unpaired) electrons. The van der Waals surface area contributed by atoms with Gasteiger partial charge in [0.1, 0.15) is 17.6 Å². The van der Waals surface area contributed by atoms with Gasteiger partial charge >= 0.3 is 6.18 Å². The molecule has 0 aliphatic carbocycles. The van der Waals surface area contributed by atoms with E-state index >= 15 is 0 Å². The van der Waals surface area contributed by atoms with Gasteiger partial charge in [-0.2, -0.15) is 18.4 Å². The van der Waals surface area contributed by atoms with Crippen LogP contribution in [-0.4, -0.2) is 0 Å². The van der Waals surface area contributed by atoms with Gasteiger partial charge in [0, 0.05) is 10.4 Å². The average molecular weight is 380 g/mol. The number of thiophene rings is 1. The monoisotopic (exact) mass is 379 g/mol. The van der Waals surface area contributed by atoms with E-state index in [-0.39, 0.29) is 16.3 Å². The number of hydrogen-bond donors (Lipinski definition) is 0. The highest BCUT2D eigenvalue weighted by Crippen LogP contribution is 2.37. The molecular formula is C18H9ClF3NOS. The standard InChI is InChI=1S/C18H9ClF3NOS/c19-15-5-3-12(18(20,21)22)9-14(15)16-6-4-13(24-16)8-11(10-23)17-2-1-7-25-17/h1-9H/b11-8+. The zero-order valence-electron chi connectivity index (χ0n) is 12.5. The summed E-state index contributed by atoms with van der Waals surface area (Å²) in [4.78, 5) is 0.776. The summed E-state index contributed by atoms with van der Waals surface area (Å²) in [6, 6.07) is 11.8. The molecule has 7 heteroatoms. The summed E-state index contributed by atoms with van der Waals surface area (Å²) in [5, 5.41) is 11.2. The van der Waals surface area contributed by atoms with Gasteiger partial charge in [-0.3, -0.25) is 0 Å². The molecule has 126 valence electrons. The van der Waals surface area contributed by atoms with Crippen LogP contribution in [0, 0.1) is 11.3 Å². The Kier molecular flexibility index (Phi) is 4.71. The highest BCUT2D eigenvalue weighted by molar-refractivity contribution is 7.11. The molecule has 0 spiro atoms. The van der Waals surface area contributed by atoms with E-state index in [2.05, 4.69) is 6.07 Å². The molecular weight excluding hydrogens is 371 g/mol. The number of nitriles is 1. The van der Waals surface area contributed by atoms with E-state index in [1.54, 1.807) is 12.1 Å². The van der Waals surface area contributed by atoms with Crippen LogP contribution >= 0.6 is 22.9 Å². The Bertz CT molecular complexity index is 965. The average Bonchev–Trinajstić information content (AvgIpc) is 3.23. The van der Waals surface area contributed by atoms with E-state index in [0.717, 1.165) is 17.0 Å². The van der Waals surface area contributed by atoms with Crippen LogP contribution in [0.3, 0.4) is 0 Å². The number of rotatable bonds is 3. The molecule has 0 bridgehead atoms. The number of nitrogens with zero attached hydrogens (tertiary/aromatic N) is 1. The maximum atomic E-state index is 12.9. The van der Waals surface area contributed by atoms with E-state index in [0.29, 0.717) is 11.3 Å². The predicted molar refractivity (Wildman–Crippen MR) is 92.0 cm³/mol. The number of alkyl halides is 3. The first-order chi connectivity index (χ1) is 11.9. The summed E-state index contributed by atoms with van der Waals surface area (Å²) in [5.74, 6) is 0.555. The second-order valence-electron chi connectivity index (χ2n) is 5.04. The normalized spacial score (nSPS) is 12.2.